The van der Waals surface area contributed by atoms with Gasteiger partial charge in [-0.2, -0.15) is 0 Å². The monoisotopic (exact) mass is 421 g/mol. The van der Waals surface area contributed by atoms with Crippen molar-refractivity contribution in [1.29, 1.82) is 0 Å². The Morgan fingerprint density at radius 2 is 2.19 bits per heavy atom. The number of hydrogen-bond acceptors (Lipinski definition) is 6. The SMILES string of the molecule is CCc1nc2nc3c(cn2c1C(=O)NCc1ccc(N2CCN=CN2)c(F)c1)CCC3. The lowest BCUT2D eigenvalue weighted by molar-refractivity contribution is 0.0944. The number of nitrogens with one attached hydrogen (secondary N) is 2. The van der Waals surface area contributed by atoms with Gasteiger partial charge in [-0.25, -0.2) is 14.4 Å². The second kappa shape index (κ2) is 7.98. The number of hydrogen-bond donors (Lipinski definition) is 2. The standard InChI is InChI=1S/C22H24FN7O/c1-2-17-20(29-12-15-4-3-5-18(15)28-22(29)27-17)21(31)25-11-14-6-7-19(16(23)10-14)30-9-8-24-13-26-30/h6-7,10,12-13H,2-5,8-9,11H2,1H3,(H,24,26)(H,25,31). The van der Waals surface area contributed by atoms with Gasteiger partial charge in [0, 0.05) is 18.4 Å². The first-order valence-corrected chi connectivity index (χ1v) is 10.6. The molecule has 8 nitrogen and oxygen atoms in total. The van der Waals surface area contributed by atoms with E-state index in [1.54, 1.807) is 21.8 Å². The average molecular weight is 421 g/mol. The van der Waals surface area contributed by atoms with Crippen LogP contribution in [-0.4, -0.2) is 39.7 Å². The van der Waals surface area contributed by atoms with Crippen molar-refractivity contribution in [3.05, 3.63) is 58.4 Å². The van der Waals surface area contributed by atoms with E-state index in [2.05, 4.69) is 25.7 Å². The van der Waals surface area contributed by atoms with Crippen molar-refractivity contribution in [3.63, 3.8) is 0 Å². The van der Waals surface area contributed by atoms with Crippen LogP contribution in [0.25, 0.3) is 5.78 Å². The summed E-state index contributed by atoms with van der Waals surface area (Å²) in [6.45, 7) is 3.40. The summed E-state index contributed by atoms with van der Waals surface area (Å²) in [6.07, 6.45) is 7.20. The molecule has 5 rings (SSSR count). The Morgan fingerprint density at radius 1 is 1.29 bits per heavy atom. The number of benzene rings is 1. The van der Waals surface area contributed by atoms with E-state index in [0.29, 0.717) is 47.9 Å². The van der Waals surface area contributed by atoms with Crippen LogP contribution in [0.1, 0.15) is 46.3 Å². The molecule has 0 atom stereocenters. The summed E-state index contributed by atoms with van der Waals surface area (Å²) >= 11 is 0. The van der Waals surface area contributed by atoms with Gasteiger partial charge in [0.15, 0.2) is 0 Å². The molecule has 31 heavy (non-hydrogen) atoms. The van der Waals surface area contributed by atoms with Gasteiger partial charge in [-0.1, -0.05) is 13.0 Å². The normalized spacial score (nSPS) is 15.2. The fourth-order valence-electron chi connectivity index (χ4n) is 4.18. The van der Waals surface area contributed by atoms with Gasteiger partial charge in [0.1, 0.15) is 17.8 Å². The average Bonchev–Trinajstić information content (AvgIpc) is 3.39. The fraction of sp³-hybridized carbons (Fsp3) is 0.364. The number of hydrazine groups is 1. The fourth-order valence-corrected chi connectivity index (χ4v) is 4.18. The lowest BCUT2D eigenvalue weighted by atomic mass is 10.1. The summed E-state index contributed by atoms with van der Waals surface area (Å²) in [4.78, 5) is 26.3. The second-order valence-electron chi connectivity index (χ2n) is 7.78. The Hall–Kier alpha value is -3.49. The summed E-state index contributed by atoms with van der Waals surface area (Å²) in [6, 6.07) is 4.98. The maximum absolute atomic E-state index is 14.6. The van der Waals surface area contributed by atoms with Gasteiger partial charge in [0.05, 0.1) is 24.5 Å². The molecule has 2 aliphatic rings. The van der Waals surface area contributed by atoms with Crippen molar-refractivity contribution >= 4 is 23.7 Å². The smallest absolute Gasteiger partial charge is 0.270 e. The van der Waals surface area contributed by atoms with Crippen molar-refractivity contribution in [2.24, 2.45) is 4.99 Å². The lowest BCUT2D eigenvalue weighted by Gasteiger charge is -2.26. The molecule has 0 fully saturated rings. The molecular formula is C22H24FN7O. The number of carbonyl (C=O) groups is 1. The molecule has 9 heteroatoms. The Balaban J connectivity index is 1.35. The number of halogens is 1. The molecule has 0 saturated heterocycles. The third-order valence-electron chi connectivity index (χ3n) is 5.78. The number of aromatic nitrogens is 3. The van der Waals surface area contributed by atoms with E-state index >= 15 is 0 Å². The molecule has 0 spiro atoms. The van der Waals surface area contributed by atoms with Crippen molar-refractivity contribution in [2.75, 3.05) is 18.1 Å². The minimum Gasteiger partial charge on any atom is -0.347 e. The summed E-state index contributed by atoms with van der Waals surface area (Å²) < 4.78 is 16.4. The van der Waals surface area contributed by atoms with Crippen molar-refractivity contribution < 1.29 is 9.18 Å². The van der Waals surface area contributed by atoms with E-state index in [4.69, 9.17) is 0 Å². The van der Waals surface area contributed by atoms with Gasteiger partial charge in [-0.05, 0) is 48.9 Å². The van der Waals surface area contributed by atoms with Crippen LogP contribution in [0.3, 0.4) is 0 Å². The summed E-state index contributed by atoms with van der Waals surface area (Å²) in [7, 11) is 0. The summed E-state index contributed by atoms with van der Waals surface area (Å²) in [5, 5.41) is 4.63. The first kappa shape index (κ1) is 19.5. The molecule has 1 amide bonds. The van der Waals surface area contributed by atoms with Crippen LogP contribution in [0, 0.1) is 5.82 Å². The van der Waals surface area contributed by atoms with Crippen LogP contribution in [-0.2, 0) is 25.8 Å². The topological polar surface area (TPSA) is 86.9 Å². The molecule has 160 valence electrons. The molecule has 1 aromatic carbocycles. The van der Waals surface area contributed by atoms with Crippen LogP contribution in [0.15, 0.2) is 29.4 Å². The molecule has 1 aliphatic carbocycles. The summed E-state index contributed by atoms with van der Waals surface area (Å²) in [5.74, 6) is -0.0172. The molecule has 3 heterocycles. The zero-order valence-corrected chi connectivity index (χ0v) is 17.4. The number of imidazole rings is 1. The summed E-state index contributed by atoms with van der Waals surface area (Å²) in [5.41, 5.74) is 7.55. The van der Waals surface area contributed by atoms with Crippen LogP contribution in [0.4, 0.5) is 10.1 Å². The molecule has 0 radical (unpaired) electrons. The zero-order chi connectivity index (χ0) is 21.4. The zero-order valence-electron chi connectivity index (χ0n) is 17.4. The molecule has 3 aromatic rings. The highest BCUT2D eigenvalue weighted by atomic mass is 19.1. The number of amides is 1. The molecule has 0 unspecified atom stereocenters. The molecule has 0 saturated carbocycles. The highest BCUT2D eigenvalue weighted by Gasteiger charge is 2.22. The Bertz CT molecular complexity index is 1190. The largest absolute Gasteiger partial charge is 0.347 e. The lowest BCUT2D eigenvalue weighted by Crippen LogP contribution is -2.42. The van der Waals surface area contributed by atoms with Crippen LogP contribution in [0.2, 0.25) is 0 Å². The van der Waals surface area contributed by atoms with Gasteiger partial charge < -0.3 is 5.32 Å². The third kappa shape index (κ3) is 3.60. The first-order chi connectivity index (χ1) is 15.1. The van der Waals surface area contributed by atoms with E-state index in [1.807, 2.05) is 19.2 Å². The van der Waals surface area contributed by atoms with Gasteiger partial charge in [0.2, 0.25) is 5.78 Å². The van der Waals surface area contributed by atoms with Crippen LogP contribution < -0.4 is 15.8 Å². The number of fused-ring (bicyclic) bond motifs is 2. The van der Waals surface area contributed by atoms with Crippen molar-refractivity contribution in [2.45, 2.75) is 39.2 Å². The number of aryl methyl sites for hydroxylation is 3. The Morgan fingerprint density at radius 3 is 2.97 bits per heavy atom. The highest BCUT2D eigenvalue weighted by Crippen LogP contribution is 2.23. The van der Waals surface area contributed by atoms with Crippen LogP contribution >= 0.6 is 0 Å². The van der Waals surface area contributed by atoms with E-state index in [-0.39, 0.29) is 18.3 Å². The van der Waals surface area contributed by atoms with Crippen molar-refractivity contribution in [3.8, 4) is 0 Å². The number of rotatable bonds is 5. The Kier molecular flexibility index (Phi) is 5.01. The predicted octanol–water partition coefficient (Wildman–Crippen LogP) is 2.20. The minimum atomic E-state index is -0.349. The number of carbonyl (C=O) groups excluding carboxylic acids is 1. The van der Waals surface area contributed by atoms with E-state index in [9.17, 15) is 9.18 Å². The van der Waals surface area contributed by atoms with Gasteiger partial charge >= 0.3 is 0 Å². The van der Waals surface area contributed by atoms with Crippen LogP contribution in [0.5, 0.6) is 0 Å². The number of aliphatic imine (C=N–C) groups is 1. The third-order valence-corrected chi connectivity index (χ3v) is 5.78. The maximum atomic E-state index is 14.6. The molecule has 0 bridgehead atoms. The molecule has 2 N–H and O–H groups in total. The molecule has 2 aromatic heterocycles. The highest BCUT2D eigenvalue weighted by molar-refractivity contribution is 5.94. The maximum Gasteiger partial charge on any atom is 0.270 e. The van der Waals surface area contributed by atoms with Gasteiger partial charge in [-0.15, -0.1) is 0 Å². The van der Waals surface area contributed by atoms with Gasteiger partial charge in [-0.3, -0.25) is 24.6 Å². The number of anilines is 1. The van der Waals surface area contributed by atoms with Crippen molar-refractivity contribution in [1.82, 2.24) is 25.1 Å². The van der Waals surface area contributed by atoms with E-state index < -0.39 is 0 Å². The number of nitrogens with zero attached hydrogens (tertiary/aromatic N) is 5. The molecule has 1 aliphatic heterocycles. The predicted molar refractivity (Wildman–Crippen MR) is 116 cm³/mol. The van der Waals surface area contributed by atoms with Gasteiger partial charge in [0.25, 0.3) is 5.91 Å². The van der Waals surface area contributed by atoms with E-state index in [1.165, 1.54) is 11.6 Å². The Labute approximate surface area is 179 Å². The molecular weight excluding hydrogens is 397 g/mol. The second-order valence-corrected chi connectivity index (χ2v) is 7.78. The minimum absolute atomic E-state index is 0.222. The quantitative estimate of drug-likeness (QED) is 0.660. The van der Waals surface area contributed by atoms with E-state index in [0.717, 1.165) is 25.0 Å². The first-order valence-electron chi connectivity index (χ1n) is 10.6.